The third-order valence-corrected chi connectivity index (χ3v) is 4.33. The molecule has 0 aliphatic carbocycles. The Hall–Kier alpha value is -2.94. The molecule has 0 unspecified atom stereocenters. The van der Waals surface area contributed by atoms with Crippen molar-refractivity contribution < 1.29 is 25.3 Å². The minimum absolute atomic E-state index is 0. The van der Waals surface area contributed by atoms with Crippen LogP contribution in [0.2, 0.25) is 0 Å². The molecule has 0 aromatic heterocycles. The first-order chi connectivity index (χ1) is 13.5. The van der Waals surface area contributed by atoms with Crippen LogP contribution in [0.15, 0.2) is 54.6 Å². The van der Waals surface area contributed by atoms with Gasteiger partial charge in [-0.25, -0.2) is 0 Å². The number of aliphatic hydroxyl groups is 1. The lowest BCUT2D eigenvalue weighted by Crippen LogP contribution is -2.53. The van der Waals surface area contributed by atoms with E-state index in [1.807, 2.05) is 30.3 Å². The lowest BCUT2D eigenvalue weighted by molar-refractivity contribution is -0.130. The molecule has 2 amide bonds. The minimum Gasteiger partial charge on any atom is -0.508 e. The third-order valence-electron chi connectivity index (χ3n) is 4.33. The van der Waals surface area contributed by atoms with Crippen LogP contribution in [0, 0.1) is 0 Å². The number of nitrogens with two attached hydrogens (primary N) is 1. The predicted octanol–water partition coefficient (Wildman–Crippen LogP) is -0.337. The zero-order valence-electron chi connectivity index (χ0n) is 16.2. The molecule has 0 radical (unpaired) electrons. The molecule has 0 bridgehead atoms. The van der Waals surface area contributed by atoms with E-state index in [0.29, 0.717) is 6.54 Å². The summed E-state index contributed by atoms with van der Waals surface area (Å²) in [5.41, 5.74) is 7.86. The third kappa shape index (κ3) is 8.30. The molecular weight excluding hydrogens is 374 g/mol. The van der Waals surface area contributed by atoms with E-state index in [9.17, 15) is 19.8 Å². The van der Waals surface area contributed by atoms with Gasteiger partial charge in [-0.1, -0.05) is 42.5 Å². The summed E-state index contributed by atoms with van der Waals surface area (Å²) in [6.45, 7) is -0.0676. The first kappa shape index (κ1) is 24.1. The second kappa shape index (κ2) is 12.5. The van der Waals surface area contributed by atoms with Gasteiger partial charge in [-0.2, -0.15) is 0 Å². The number of rotatable bonds is 10. The number of aromatic hydroxyl groups is 1. The number of aliphatic hydroxyl groups excluding tert-OH is 1. The van der Waals surface area contributed by atoms with Gasteiger partial charge in [-0.05, 0) is 42.5 Å². The van der Waals surface area contributed by atoms with Gasteiger partial charge in [0, 0.05) is 6.54 Å². The fourth-order valence-corrected chi connectivity index (χ4v) is 2.72. The summed E-state index contributed by atoms with van der Waals surface area (Å²) in [5.74, 6) is -0.835. The van der Waals surface area contributed by atoms with Crippen LogP contribution < -0.4 is 16.4 Å². The maximum atomic E-state index is 12.2. The summed E-state index contributed by atoms with van der Waals surface area (Å²) in [6, 6.07) is 14.4. The average molecular weight is 403 g/mol. The zero-order chi connectivity index (χ0) is 20.4. The van der Waals surface area contributed by atoms with Crippen LogP contribution in [0.1, 0.15) is 17.5 Å². The first-order valence-electron chi connectivity index (χ1n) is 9.26. The summed E-state index contributed by atoms with van der Waals surface area (Å²) in [6.07, 6.45) is 1.83. The van der Waals surface area contributed by atoms with Crippen molar-refractivity contribution >= 4 is 11.8 Å². The zero-order valence-corrected chi connectivity index (χ0v) is 16.2. The van der Waals surface area contributed by atoms with Crippen molar-refractivity contribution in [3.8, 4) is 5.75 Å². The monoisotopic (exact) mass is 403 g/mol. The van der Waals surface area contributed by atoms with Gasteiger partial charge in [0.25, 0.3) is 0 Å². The predicted molar refractivity (Wildman–Crippen MR) is 110 cm³/mol. The van der Waals surface area contributed by atoms with Gasteiger partial charge in [-0.15, -0.1) is 0 Å². The molecule has 0 saturated carbocycles. The second-order valence-electron chi connectivity index (χ2n) is 6.60. The van der Waals surface area contributed by atoms with Gasteiger partial charge in [0.05, 0.1) is 12.6 Å². The minimum atomic E-state index is -1.05. The molecule has 2 atom stereocenters. The van der Waals surface area contributed by atoms with Crippen LogP contribution >= 0.6 is 0 Å². The summed E-state index contributed by atoms with van der Waals surface area (Å²) in [4.78, 5) is 24.4. The van der Waals surface area contributed by atoms with Crippen LogP contribution in [-0.4, -0.2) is 52.7 Å². The van der Waals surface area contributed by atoms with Gasteiger partial charge in [0.1, 0.15) is 11.8 Å². The van der Waals surface area contributed by atoms with Crippen LogP contribution in [0.25, 0.3) is 0 Å². The van der Waals surface area contributed by atoms with Gasteiger partial charge in [0.15, 0.2) is 0 Å². The van der Waals surface area contributed by atoms with E-state index < -0.39 is 30.5 Å². The molecule has 8 heteroatoms. The number of nitrogens with one attached hydrogen (secondary N) is 2. The number of hydrogen-bond acceptors (Lipinski definition) is 5. The Kier molecular flexibility index (Phi) is 10.4. The van der Waals surface area contributed by atoms with Crippen molar-refractivity contribution in [1.29, 1.82) is 0 Å². The lowest BCUT2D eigenvalue weighted by atomic mass is 10.1. The van der Waals surface area contributed by atoms with E-state index >= 15 is 0 Å². The smallest absolute Gasteiger partial charge is 0.244 e. The molecule has 0 aliphatic heterocycles. The van der Waals surface area contributed by atoms with Crippen LogP contribution in [0.5, 0.6) is 5.75 Å². The maximum Gasteiger partial charge on any atom is 0.244 e. The van der Waals surface area contributed by atoms with Crippen molar-refractivity contribution in [3.05, 3.63) is 65.7 Å². The van der Waals surface area contributed by atoms with E-state index in [0.717, 1.165) is 18.4 Å². The average Bonchev–Trinajstić information content (AvgIpc) is 2.71. The molecule has 0 fully saturated rings. The van der Waals surface area contributed by atoms with E-state index in [1.54, 1.807) is 12.1 Å². The van der Waals surface area contributed by atoms with E-state index in [2.05, 4.69) is 10.6 Å². The van der Waals surface area contributed by atoms with Crippen molar-refractivity contribution in [3.63, 3.8) is 0 Å². The van der Waals surface area contributed by atoms with Gasteiger partial charge in [-0.3, -0.25) is 9.59 Å². The second-order valence-corrected chi connectivity index (χ2v) is 6.60. The normalized spacial score (nSPS) is 12.3. The summed E-state index contributed by atoms with van der Waals surface area (Å²) in [7, 11) is 0. The van der Waals surface area contributed by atoms with Gasteiger partial charge < -0.3 is 32.1 Å². The van der Waals surface area contributed by atoms with Crippen molar-refractivity contribution in [1.82, 2.24) is 10.6 Å². The Balaban J connectivity index is 0.00000420. The molecule has 29 heavy (non-hydrogen) atoms. The SMILES string of the molecule is N[C@@H](Cc1ccc(O)cc1)C(=O)N[C@H](CO)C(=O)NCCCc1ccccc1.O. The number of hydrogen-bond donors (Lipinski definition) is 5. The van der Waals surface area contributed by atoms with Crippen molar-refractivity contribution in [2.45, 2.75) is 31.3 Å². The Morgan fingerprint density at radius 1 is 0.966 bits per heavy atom. The molecular formula is C21H29N3O5. The quantitative estimate of drug-likeness (QED) is 0.343. The highest BCUT2D eigenvalue weighted by atomic mass is 16.3. The molecule has 8 nitrogen and oxygen atoms in total. The van der Waals surface area contributed by atoms with Gasteiger partial charge >= 0.3 is 0 Å². The van der Waals surface area contributed by atoms with Crippen LogP contribution in [0.4, 0.5) is 0 Å². The number of carbonyl (C=O) groups is 2. The summed E-state index contributed by atoms with van der Waals surface area (Å²) < 4.78 is 0. The number of benzene rings is 2. The molecule has 0 heterocycles. The number of aryl methyl sites for hydroxylation is 1. The van der Waals surface area contributed by atoms with E-state index in [4.69, 9.17) is 5.73 Å². The number of carbonyl (C=O) groups excluding carboxylic acids is 2. The molecule has 2 aromatic rings. The summed E-state index contributed by atoms with van der Waals surface area (Å²) >= 11 is 0. The first-order valence-corrected chi connectivity index (χ1v) is 9.26. The van der Waals surface area contributed by atoms with Gasteiger partial charge in [0.2, 0.25) is 11.8 Å². The molecule has 2 rings (SSSR count). The van der Waals surface area contributed by atoms with Crippen molar-refractivity contribution in [2.24, 2.45) is 5.73 Å². The van der Waals surface area contributed by atoms with E-state index in [1.165, 1.54) is 17.7 Å². The topological polar surface area (TPSA) is 156 Å². The highest BCUT2D eigenvalue weighted by molar-refractivity contribution is 5.89. The van der Waals surface area contributed by atoms with Crippen LogP contribution in [-0.2, 0) is 22.4 Å². The fourth-order valence-electron chi connectivity index (χ4n) is 2.72. The Morgan fingerprint density at radius 2 is 1.62 bits per heavy atom. The number of amides is 2. The standard InChI is InChI=1S/C21H27N3O4.H2O/c22-18(13-16-8-10-17(26)11-9-16)20(27)24-19(14-25)21(28)23-12-4-7-15-5-2-1-3-6-15;/h1-3,5-6,8-11,18-19,25-26H,4,7,12-14,22H2,(H,23,28)(H,24,27);1H2/t18-,19+;/m0./s1. The van der Waals surface area contributed by atoms with E-state index in [-0.39, 0.29) is 17.6 Å². The Morgan fingerprint density at radius 3 is 2.24 bits per heavy atom. The highest BCUT2D eigenvalue weighted by Gasteiger charge is 2.23. The molecule has 0 saturated heterocycles. The highest BCUT2D eigenvalue weighted by Crippen LogP contribution is 2.11. The molecule has 0 spiro atoms. The number of phenols is 1. The molecule has 2 aromatic carbocycles. The van der Waals surface area contributed by atoms with Crippen molar-refractivity contribution in [2.75, 3.05) is 13.2 Å². The molecule has 0 aliphatic rings. The lowest BCUT2D eigenvalue weighted by Gasteiger charge is -2.19. The van der Waals surface area contributed by atoms with Crippen LogP contribution in [0.3, 0.4) is 0 Å². The molecule has 8 N–H and O–H groups in total. The molecule has 158 valence electrons. The fraction of sp³-hybridized carbons (Fsp3) is 0.333. The Labute approximate surface area is 170 Å². The Bertz CT molecular complexity index is 753. The number of phenolic OH excluding ortho intramolecular Hbond substituents is 1. The summed E-state index contributed by atoms with van der Waals surface area (Å²) in [5, 5.41) is 23.9. The largest absolute Gasteiger partial charge is 0.508 e. The maximum absolute atomic E-state index is 12.2.